The van der Waals surface area contributed by atoms with E-state index in [0.29, 0.717) is 24.1 Å². The molecule has 0 saturated carbocycles. The van der Waals surface area contributed by atoms with Gasteiger partial charge in [-0.3, -0.25) is 4.79 Å². The zero-order valence-electron chi connectivity index (χ0n) is 29.2. The van der Waals surface area contributed by atoms with Crippen LogP contribution in [0.1, 0.15) is 48.3 Å². The molecule has 52 heavy (non-hydrogen) atoms. The van der Waals surface area contributed by atoms with Crippen LogP contribution in [0, 0.1) is 0 Å². The van der Waals surface area contributed by atoms with Crippen molar-refractivity contribution < 1.29 is 35.4 Å². The summed E-state index contributed by atoms with van der Waals surface area (Å²) in [6.07, 6.45) is -0.158. The van der Waals surface area contributed by atoms with Crippen molar-refractivity contribution in [3.8, 4) is 23.0 Å². The molecule has 0 amide bonds. The zero-order chi connectivity index (χ0) is 36.9. The Morgan fingerprint density at radius 3 is 1.60 bits per heavy atom. The van der Waals surface area contributed by atoms with Crippen LogP contribution < -0.4 is 11.1 Å². The fourth-order valence-corrected chi connectivity index (χ4v) is 5.65. The first-order valence-electron chi connectivity index (χ1n) is 16.7. The molecule has 274 valence electrons. The maximum atomic E-state index is 11.1. The number of hydrogen-bond acceptors (Lipinski definition) is 9. The molecule has 0 heterocycles. The summed E-state index contributed by atoms with van der Waals surface area (Å²) in [5.41, 5.74) is 8.65. The summed E-state index contributed by atoms with van der Waals surface area (Å²) >= 11 is 0. The highest BCUT2D eigenvalue weighted by Gasteiger charge is 2.13. The van der Waals surface area contributed by atoms with Gasteiger partial charge in [0, 0.05) is 25.6 Å². The van der Waals surface area contributed by atoms with Gasteiger partial charge in [-0.1, -0.05) is 97.1 Å². The molecule has 6 aromatic rings. The third kappa shape index (κ3) is 11.7. The van der Waals surface area contributed by atoms with Crippen molar-refractivity contribution in [1.82, 2.24) is 5.32 Å². The molecular weight excluding hydrogens is 680 g/mol. The number of Topliss-reactive ketones (excluding diaryl/α,β-unsaturated/α-hetero) is 1. The number of hydrogen-bond donors (Lipinski definition) is 8. The number of aliphatic hydroxyl groups is 2. The molecule has 0 aliphatic carbocycles. The Balaban J connectivity index is 0.000000229. The summed E-state index contributed by atoms with van der Waals surface area (Å²) in [4.78, 5) is 11.1. The number of fused-ring (bicyclic) bond motifs is 2. The third-order valence-corrected chi connectivity index (χ3v) is 8.38. The number of phenolic OH excluding ortho intramolecular Hbond substituents is 4. The first kappa shape index (κ1) is 41.3. The molecule has 3 unspecified atom stereocenters. The molecular formula is C42H47ClN2O7. The lowest BCUT2D eigenvalue weighted by Gasteiger charge is -2.18. The van der Waals surface area contributed by atoms with Gasteiger partial charge in [-0.15, -0.1) is 12.4 Å². The Hall–Kier alpha value is -5.16. The Labute approximate surface area is 310 Å². The van der Waals surface area contributed by atoms with Crippen LogP contribution in [0.3, 0.4) is 0 Å². The minimum absolute atomic E-state index is 0. The number of aromatic hydroxyl groups is 4. The lowest BCUT2D eigenvalue weighted by molar-refractivity contribution is -0.116. The van der Waals surface area contributed by atoms with E-state index in [4.69, 9.17) is 15.9 Å². The minimum Gasteiger partial charge on any atom is -0.504 e. The maximum absolute atomic E-state index is 11.1. The quantitative estimate of drug-likeness (QED) is 0.0692. The molecule has 10 heteroatoms. The Bertz CT molecular complexity index is 2040. The summed E-state index contributed by atoms with van der Waals surface area (Å²) in [5.74, 6) is -0.655. The average molecular weight is 727 g/mol. The van der Waals surface area contributed by atoms with E-state index in [2.05, 4.69) is 60.8 Å². The van der Waals surface area contributed by atoms with Crippen LogP contribution in [0.5, 0.6) is 23.0 Å². The van der Waals surface area contributed by atoms with Crippen LogP contribution in [0.25, 0.3) is 21.5 Å². The predicted molar refractivity (Wildman–Crippen MR) is 209 cm³/mol. The van der Waals surface area contributed by atoms with E-state index in [-0.39, 0.29) is 53.8 Å². The second-order valence-electron chi connectivity index (χ2n) is 12.4. The molecule has 6 aromatic carbocycles. The second-order valence-corrected chi connectivity index (χ2v) is 12.4. The van der Waals surface area contributed by atoms with Crippen molar-refractivity contribution in [2.24, 2.45) is 5.73 Å². The first-order chi connectivity index (χ1) is 24.5. The van der Waals surface area contributed by atoms with Crippen molar-refractivity contribution in [3.63, 3.8) is 0 Å². The summed E-state index contributed by atoms with van der Waals surface area (Å²) in [5, 5.41) is 64.6. The smallest absolute Gasteiger partial charge is 0.157 e. The number of aliphatic hydroxyl groups excluding tert-OH is 2. The first-order valence-corrected chi connectivity index (χ1v) is 16.7. The topological polar surface area (TPSA) is 176 Å². The van der Waals surface area contributed by atoms with Crippen LogP contribution in [-0.4, -0.2) is 55.6 Å². The van der Waals surface area contributed by atoms with Crippen LogP contribution in [-0.2, 0) is 17.6 Å². The number of nitrogens with two attached hydrogens (primary N) is 1. The van der Waals surface area contributed by atoms with Gasteiger partial charge in [-0.25, -0.2) is 0 Å². The lowest BCUT2D eigenvalue weighted by atomic mass is 9.99. The van der Waals surface area contributed by atoms with Crippen molar-refractivity contribution in [2.75, 3.05) is 13.1 Å². The van der Waals surface area contributed by atoms with Crippen molar-refractivity contribution in [2.45, 2.75) is 44.9 Å². The van der Waals surface area contributed by atoms with E-state index in [1.54, 1.807) is 13.0 Å². The number of carbonyl (C=O) groups excluding carboxylic acids is 1. The summed E-state index contributed by atoms with van der Waals surface area (Å²) in [6, 6.07) is 37.5. The Kier molecular flexibility index (Phi) is 15.9. The molecule has 0 saturated heterocycles. The minimum atomic E-state index is -0.795. The van der Waals surface area contributed by atoms with Gasteiger partial charge in [0.2, 0.25) is 0 Å². The van der Waals surface area contributed by atoms with E-state index in [0.717, 1.165) is 12.0 Å². The normalized spacial score (nSPS) is 12.3. The molecule has 0 aromatic heterocycles. The standard InChI is InChI=1S/C21H23NO3.C13H12O.C8H11NO3.ClH/c1-14(11-16-7-4-6-15-5-2-3-8-18(15)16)22-13-21(25)17-9-10-19(23)20(24)12-17;1-10(14)9-12-7-4-6-11-5-2-3-8-13(11)12;9-4-8(12)5-1-2-6(10)7(11)3-5;/h2-10,12,14,21-25H,11,13H2,1H3;2-8H,9H2,1H3;1-3,8,10-12H,4,9H2;1H. The van der Waals surface area contributed by atoms with Crippen LogP contribution in [0.4, 0.5) is 0 Å². The van der Waals surface area contributed by atoms with E-state index in [1.807, 2.05) is 36.4 Å². The van der Waals surface area contributed by atoms with Gasteiger partial charge in [-0.05, 0) is 88.3 Å². The number of carbonyl (C=O) groups is 1. The molecule has 0 fully saturated rings. The highest BCUT2D eigenvalue weighted by molar-refractivity contribution is 5.90. The molecule has 0 spiro atoms. The lowest BCUT2D eigenvalue weighted by Crippen LogP contribution is -2.32. The Morgan fingerprint density at radius 1 is 0.635 bits per heavy atom. The van der Waals surface area contributed by atoms with E-state index in [1.165, 1.54) is 57.4 Å². The van der Waals surface area contributed by atoms with Gasteiger partial charge in [-0.2, -0.15) is 0 Å². The predicted octanol–water partition coefficient (Wildman–Crippen LogP) is 6.99. The van der Waals surface area contributed by atoms with Crippen molar-refractivity contribution in [3.05, 3.63) is 144 Å². The van der Waals surface area contributed by atoms with E-state index >= 15 is 0 Å². The van der Waals surface area contributed by atoms with E-state index < -0.39 is 12.2 Å². The molecule has 9 N–H and O–H groups in total. The van der Waals surface area contributed by atoms with Crippen molar-refractivity contribution >= 4 is 39.7 Å². The van der Waals surface area contributed by atoms with Gasteiger partial charge in [0.25, 0.3) is 0 Å². The number of rotatable bonds is 10. The van der Waals surface area contributed by atoms with Gasteiger partial charge >= 0.3 is 0 Å². The Morgan fingerprint density at radius 2 is 1.10 bits per heavy atom. The molecule has 0 aliphatic rings. The van der Waals surface area contributed by atoms with Crippen LogP contribution in [0.15, 0.2) is 121 Å². The van der Waals surface area contributed by atoms with E-state index in [9.17, 15) is 25.2 Å². The molecule has 0 radical (unpaired) electrons. The number of ketones is 1. The molecule has 0 bridgehead atoms. The van der Waals surface area contributed by atoms with Gasteiger partial charge in [0.05, 0.1) is 12.2 Å². The summed E-state index contributed by atoms with van der Waals surface area (Å²) < 4.78 is 0. The highest BCUT2D eigenvalue weighted by atomic mass is 35.5. The number of phenols is 4. The average Bonchev–Trinajstić information content (AvgIpc) is 3.13. The number of benzene rings is 6. The largest absolute Gasteiger partial charge is 0.504 e. The van der Waals surface area contributed by atoms with Crippen LogP contribution >= 0.6 is 12.4 Å². The van der Waals surface area contributed by atoms with Crippen molar-refractivity contribution in [1.29, 1.82) is 0 Å². The fourth-order valence-electron chi connectivity index (χ4n) is 5.65. The molecule has 0 aliphatic heterocycles. The maximum Gasteiger partial charge on any atom is 0.157 e. The SMILES string of the molecule is CC(=O)Cc1cccc2ccccc12.CC(Cc1cccc2ccccc12)NCC(O)c1ccc(O)c(O)c1.Cl.NCC(O)c1ccc(O)c(O)c1. The van der Waals surface area contributed by atoms with Gasteiger partial charge in [0.15, 0.2) is 23.0 Å². The van der Waals surface area contributed by atoms with Gasteiger partial charge < -0.3 is 41.7 Å². The fraction of sp³-hybridized carbons (Fsp3) is 0.214. The monoisotopic (exact) mass is 726 g/mol. The van der Waals surface area contributed by atoms with Crippen LogP contribution in [0.2, 0.25) is 0 Å². The number of halogens is 1. The summed E-state index contributed by atoms with van der Waals surface area (Å²) in [6.45, 7) is 4.17. The molecule has 9 nitrogen and oxygen atoms in total. The third-order valence-electron chi connectivity index (χ3n) is 8.38. The van der Waals surface area contributed by atoms with Gasteiger partial charge in [0.1, 0.15) is 5.78 Å². The highest BCUT2D eigenvalue weighted by Crippen LogP contribution is 2.29. The summed E-state index contributed by atoms with van der Waals surface area (Å²) in [7, 11) is 0. The molecule has 3 atom stereocenters. The molecule has 6 rings (SSSR count). The number of nitrogens with one attached hydrogen (secondary N) is 1. The zero-order valence-corrected chi connectivity index (χ0v) is 30.0. The second kappa shape index (κ2) is 20.0.